The molecule has 2 saturated heterocycles. The molecule has 6 heteroatoms. The maximum atomic E-state index is 12.1. The van der Waals surface area contributed by atoms with Gasteiger partial charge in [-0.15, -0.1) is 0 Å². The predicted octanol–water partition coefficient (Wildman–Crippen LogP) is 0.0679. The SMILES string of the molecule is CC1CNCC(NC(=O)C2CCCCS2(=O)=O)C1. The summed E-state index contributed by atoms with van der Waals surface area (Å²) in [5.74, 6) is 0.382. The highest BCUT2D eigenvalue weighted by atomic mass is 32.2. The largest absolute Gasteiger partial charge is 0.351 e. The standard InChI is InChI=1S/C12H22N2O3S/c1-9-6-10(8-13-7-9)14-12(15)11-4-2-3-5-18(11,16)17/h9-11,13H,2-8H2,1H3,(H,14,15). The fraction of sp³-hybridized carbons (Fsp3) is 0.917. The zero-order valence-electron chi connectivity index (χ0n) is 10.8. The third kappa shape index (κ3) is 3.23. The Labute approximate surface area is 109 Å². The minimum Gasteiger partial charge on any atom is -0.351 e. The minimum absolute atomic E-state index is 0.0679. The van der Waals surface area contributed by atoms with Crippen LogP contribution in [0, 0.1) is 5.92 Å². The average Bonchev–Trinajstić information content (AvgIpc) is 2.28. The number of hydrogen-bond donors (Lipinski definition) is 2. The number of rotatable bonds is 2. The van der Waals surface area contributed by atoms with Crippen LogP contribution >= 0.6 is 0 Å². The van der Waals surface area contributed by atoms with Crippen LogP contribution in [0.2, 0.25) is 0 Å². The Kier molecular flexibility index (Phi) is 4.27. The van der Waals surface area contributed by atoms with E-state index in [0.717, 1.165) is 25.9 Å². The normalized spacial score (nSPS) is 35.9. The zero-order chi connectivity index (χ0) is 13.2. The van der Waals surface area contributed by atoms with Gasteiger partial charge in [-0.25, -0.2) is 8.42 Å². The van der Waals surface area contributed by atoms with E-state index in [1.54, 1.807) is 0 Å². The van der Waals surface area contributed by atoms with Crippen molar-refractivity contribution in [2.45, 2.75) is 43.9 Å². The predicted molar refractivity (Wildman–Crippen MR) is 70.0 cm³/mol. The van der Waals surface area contributed by atoms with Crippen LogP contribution in [0.15, 0.2) is 0 Å². The molecule has 0 aromatic carbocycles. The lowest BCUT2D eigenvalue weighted by atomic mass is 9.97. The monoisotopic (exact) mass is 274 g/mol. The van der Waals surface area contributed by atoms with Gasteiger partial charge < -0.3 is 10.6 Å². The van der Waals surface area contributed by atoms with E-state index in [9.17, 15) is 13.2 Å². The Bertz CT molecular complexity index is 408. The molecule has 0 aromatic rings. The van der Waals surface area contributed by atoms with Crippen molar-refractivity contribution in [1.82, 2.24) is 10.6 Å². The number of piperidine rings is 1. The lowest BCUT2D eigenvalue weighted by molar-refractivity contribution is -0.121. The molecule has 2 fully saturated rings. The molecule has 18 heavy (non-hydrogen) atoms. The van der Waals surface area contributed by atoms with Gasteiger partial charge in [0.05, 0.1) is 5.75 Å². The molecule has 2 aliphatic rings. The van der Waals surface area contributed by atoms with Crippen LogP contribution in [-0.4, -0.2) is 44.5 Å². The van der Waals surface area contributed by atoms with Gasteiger partial charge in [-0.2, -0.15) is 0 Å². The van der Waals surface area contributed by atoms with E-state index in [1.807, 2.05) is 0 Å². The first-order valence-electron chi connectivity index (χ1n) is 6.71. The Hall–Kier alpha value is -0.620. The summed E-state index contributed by atoms with van der Waals surface area (Å²) in [6, 6.07) is 0.0679. The molecule has 0 spiro atoms. The van der Waals surface area contributed by atoms with Crippen molar-refractivity contribution in [3.05, 3.63) is 0 Å². The highest BCUT2D eigenvalue weighted by Gasteiger charge is 2.35. The molecule has 2 aliphatic heterocycles. The molecule has 0 aromatic heterocycles. The molecule has 0 bridgehead atoms. The van der Waals surface area contributed by atoms with Gasteiger partial charge in [0.1, 0.15) is 5.25 Å². The van der Waals surface area contributed by atoms with Crippen molar-refractivity contribution in [2.75, 3.05) is 18.8 Å². The molecular formula is C12H22N2O3S. The number of carbonyl (C=O) groups excluding carboxylic acids is 1. The van der Waals surface area contributed by atoms with E-state index < -0.39 is 15.1 Å². The Morgan fingerprint density at radius 3 is 2.72 bits per heavy atom. The van der Waals surface area contributed by atoms with E-state index in [2.05, 4.69) is 17.6 Å². The molecular weight excluding hydrogens is 252 g/mol. The van der Waals surface area contributed by atoms with E-state index in [-0.39, 0.29) is 17.7 Å². The fourth-order valence-electron chi connectivity index (χ4n) is 2.81. The molecule has 0 radical (unpaired) electrons. The summed E-state index contributed by atoms with van der Waals surface area (Å²) < 4.78 is 23.7. The first-order valence-corrected chi connectivity index (χ1v) is 8.43. The molecule has 1 amide bonds. The maximum Gasteiger partial charge on any atom is 0.238 e. The fourth-order valence-corrected chi connectivity index (χ4v) is 4.62. The van der Waals surface area contributed by atoms with Gasteiger partial charge in [0.25, 0.3) is 0 Å². The van der Waals surface area contributed by atoms with Crippen LogP contribution in [0.4, 0.5) is 0 Å². The van der Waals surface area contributed by atoms with E-state index in [4.69, 9.17) is 0 Å². The van der Waals surface area contributed by atoms with Crippen LogP contribution in [0.25, 0.3) is 0 Å². The van der Waals surface area contributed by atoms with Crippen LogP contribution in [0.5, 0.6) is 0 Å². The lowest BCUT2D eigenvalue weighted by Crippen LogP contribution is -2.52. The van der Waals surface area contributed by atoms with Crippen LogP contribution in [0.1, 0.15) is 32.6 Å². The Balaban J connectivity index is 1.94. The summed E-state index contributed by atoms with van der Waals surface area (Å²) in [5, 5.41) is 5.33. The second-order valence-corrected chi connectivity index (χ2v) is 7.86. The second-order valence-electron chi connectivity index (χ2n) is 5.56. The number of sulfone groups is 1. The van der Waals surface area contributed by atoms with Crippen molar-refractivity contribution in [2.24, 2.45) is 5.92 Å². The molecule has 2 rings (SSSR count). The molecule has 0 aliphatic carbocycles. The molecule has 3 atom stereocenters. The summed E-state index contributed by atoms with van der Waals surface area (Å²) in [4.78, 5) is 12.1. The van der Waals surface area contributed by atoms with E-state index in [1.165, 1.54) is 0 Å². The minimum atomic E-state index is -3.22. The summed E-state index contributed by atoms with van der Waals surface area (Å²) in [6.45, 7) is 3.83. The maximum absolute atomic E-state index is 12.1. The number of hydrogen-bond acceptors (Lipinski definition) is 4. The quantitative estimate of drug-likeness (QED) is 0.747. The average molecular weight is 274 g/mol. The van der Waals surface area contributed by atoms with Crippen LogP contribution < -0.4 is 10.6 Å². The third-order valence-electron chi connectivity index (χ3n) is 3.79. The highest BCUT2D eigenvalue weighted by Crippen LogP contribution is 2.20. The summed E-state index contributed by atoms with van der Waals surface area (Å²) >= 11 is 0. The van der Waals surface area contributed by atoms with Crippen molar-refractivity contribution in [3.8, 4) is 0 Å². The molecule has 0 saturated carbocycles. The van der Waals surface area contributed by atoms with Crippen molar-refractivity contribution in [3.63, 3.8) is 0 Å². The smallest absolute Gasteiger partial charge is 0.238 e. The molecule has 3 unspecified atom stereocenters. The first kappa shape index (κ1) is 13.8. The molecule has 2 N–H and O–H groups in total. The van der Waals surface area contributed by atoms with Gasteiger partial charge in [-0.05, 0) is 31.7 Å². The van der Waals surface area contributed by atoms with E-state index >= 15 is 0 Å². The molecule has 104 valence electrons. The van der Waals surface area contributed by atoms with Gasteiger partial charge >= 0.3 is 0 Å². The van der Waals surface area contributed by atoms with Crippen molar-refractivity contribution < 1.29 is 13.2 Å². The number of nitrogens with one attached hydrogen (secondary N) is 2. The van der Waals surface area contributed by atoms with Gasteiger partial charge in [-0.1, -0.05) is 13.3 Å². The van der Waals surface area contributed by atoms with Gasteiger partial charge in [0.15, 0.2) is 9.84 Å². The molecule has 2 heterocycles. The summed E-state index contributed by atoms with van der Waals surface area (Å²) in [5.41, 5.74) is 0. The lowest BCUT2D eigenvalue weighted by Gasteiger charge is -2.30. The van der Waals surface area contributed by atoms with Crippen molar-refractivity contribution >= 4 is 15.7 Å². The topological polar surface area (TPSA) is 75.3 Å². The highest BCUT2D eigenvalue weighted by molar-refractivity contribution is 7.92. The zero-order valence-corrected chi connectivity index (χ0v) is 11.6. The van der Waals surface area contributed by atoms with Crippen LogP contribution in [0.3, 0.4) is 0 Å². The first-order chi connectivity index (χ1) is 8.49. The van der Waals surface area contributed by atoms with E-state index in [0.29, 0.717) is 18.8 Å². The molecule has 5 nitrogen and oxygen atoms in total. The summed E-state index contributed by atoms with van der Waals surface area (Å²) in [6.07, 6.45) is 2.92. The number of amides is 1. The van der Waals surface area contributed by atoms with Gasteiger partial charge in [0.2, 0.25) is 5.91 Å². The number of carbonyl (C=O) groups is 1. The summed E-state index contributed by atoms with van der Waals surface area (Å²) in [7, 11) is -3.22. The van der Waals surface area contributed by atoms with Crippen LogP contribution in [-0.2, 0) is 14.6 Å². The van der Waals surface area contributed by atoms with Crippen molar-refractivity contribution in [1.29, 1.82) is 0 Å². The van der Waals surface area contributed by atoms with Gasteiger partial charge in [0, 0.05) is 12.6 Å². The Morgan fingerprint density at radius 2 is 2.06 bits per heavy atom. The van der Waals surface area contributed by atoms with Gasteiger partial charge in [-0.3, -0.25) is 4.79 Å². The third-order valence-corrected chi connectivity index (χ3v) is 5.96. The second kappa shape index (κ2) is 5.57. The Morgan fingerprint density at radius 1 is 1.28 bits per heavy atom.